The highest BCUT2D eigenvalue weighted by molar-refractivity contribution is 5.76. The average Bonchev–Trinajstić information content (AvgIpc) is 3.72. The zero-order valence-corrected chi connectivity index (χ0v) is 25.0. The van der Waals surface area contributed by atoms with E-state index in [1.807, 2.05) is 6.19 Å². The van der Waals surface area contributed by atoms with E-state index in [-0.39, 0.29) is 11.5 Å². The molecule has 4 fully saturated rings. The standard InChI is InChI=1S/C35H44N6O/c1-26-38-32-13-7-8-14-33(32)41(26)30-23-28-15-16-29(24-30)40(28)22-19-35(27-9-3-2-4-10-27)17-20-39(21-18-35)34(37-25-36)42-31-11-5-6-12-31/h2-4,7-10,13-14,28-31H,5-6,11-12,15-24H2,1H3/b37-34-/t28-,29+,30+. The van der Waals surface area contributed by atoms with Crippen LogP contribution in [0.15, 0.2) is 59.6 Å². The van der Waals surface area contributed by atoms with Crippen molar-refractivity contribution >= 4 is 17.1 Å². The van der Waals surface area contributed by atoms with Gasteiger partial charge in [0.25, 0.3) is 0 Å². The van der Waals surface area contributed by atoms with Crippen molar-refractivity contribution in [1.29, 1.82) is 5.26 Å². The Morgan fingerprint density at radius 2 is 1.64 bits per heavy atom. The van der Waals surface area contributed by atoms with Gasteiger partial charge in [0.1, 0.15) is 11.9 Å². The quantitative estimate of drug-likeness (QED) is 0.189. The van der Waals surface area contributed by atoms with Crippen LogP contribution < -0.4 is 0 Å². The number of fused-ring (bicyclic) bond motifs is 3. The van der Waals surface area contributed by atoms with E-state index < -0.39 is 0 Å². The van der Waals surface area contributed by atoms with Crippen LogP contribution in [0.5, 0.6) is 0 Å². The maximum atomic E-state index is 9.40. The summed E-state index contributed by atoms with van der Waals surface area (Å²) in [5.41, 5.74) is 4.01. The fourth-order valence-electron chi connectivity index (χ4n) is 8.76. The number of imidazole rings is 1. The second kappa shape index (κ2) is 11.7. The average molecular weight is 565 g/mol. The first-order valence-corrected chi connectivity index (χ1v) is 16.3. The van der Waals surface area contributed by atoms with Gasteiger partial charge in [-0.1, -0.05) is 42.5 Å². The molecule has 2 bridgehead atoms. The van der Waals surface area contributed by atoms with Crippen LogP contribution >= 0.6 is 0 Å². The number of piperidine rings is 2. The molecule has 0 radical (unpaired) electrons. The Morgan fingerprint density at radius 3 is 2.36 bits per heavy atom. The van der Waals surface area contributed by atoms with Crippen LogP contribution in [-0.4, -0.2) is 63.2 Å². The molecule has 7 rings (SSSR count). The lowest BCUT2D eigenvalue weighted by Crippen LogP contribution is -2.49. The number of hydrogen-bond donors (Lipinski definition) is 0. The molecular weight excluding hydrogens is 520 g/mol. The minimum Gasteiger partial charge on any atom is -0.461 e. The molecule has 1 aromatic heterocycles. The van der Waals surface area contributed by atoms with E-state index >= 15 is 0 Å². The van der Waals surface area contributed by atoms with E-state index in [4.69, 9.17) is 9.72 Å². The Hall–Kier alpha value is -3.37. The lowest BCUT2D eigenvalue weighted by molar-refractivity contribution is 0.0836. The first-order chi connectivity index (χ1) is 20.6. The molecule has 4 heterocycles. The van der Waals surface area contributed by atoms with Gasteiger partial charge in [0, 0.05) is 31.2 Å². The van der Waals surface area contributed by atoms with Crippen molar-refractivity contribution in [1.82, 2.24) is 19.4 Å². The summed E-state index contributed by atoms with van der Waals surface area (Å²) in [7, 11) is 0. The number of benzene rings is 2. The van der Waals surface area contributed by atoms with E-state index in [9.17, 15) is 5.26 Å². The van der Waals surface area contributed by atoms with Crippen molar-refractivity contribution < 1.29 is 4.74 Å². The van der Waals surface area contributed by atoms with Gasteiger partial charge in [-0.05, 0) is 107 Å². The molecule has 220 valence electrons. The molecular formula is C35H44N6O. The second-order valence-electron chi connectivity index (χ2n) is 13.2. The van der Waals surface area contributed by atoms with E-state index in [0.717, 1.165) is 56.7 Å². The van der Waals surface area contributed by atoms with Gasteiger partial charge < -0.3 is 14.2 Å². The number of amidine groups is 1. The number of rotatable bonds is 6. The van der Waals surface area contributed by atoms with Gasteiger partial charge in [0.15, 0.2) is 0 Å². The lowest BCUT2D eigenvalue weighted by Gasteiger charge is -2.46. The monoisotopic (exact) mass is 564 g/mol. The number of ether oxygens (including phenoxy) is 1. The minimum atomic E-state index is 0.135. The fraction of sp³-hybridized carbons (Fsp3) is 0.571. The molecule has 3 atom stereocenters. The fourth-order valence-corrected chi connectivity index (χ4v) is 8.76. The number of para-hydroxylation sites is 2. The zero-order valence-electron chi connectivity index (χ0n) is 25.0. The highest BCUT2D eigenvalue weighted by Gasteiger charge is 2.44. The van der Waals surface area contributed by atoms with Gasteiger partial charge >= 0.3 is 6.02 Å². The van der Waals surface area contributed by atoms with Crippen molar-refractivity contribution in [2.45, 2.75) is 107 Å². The number of aliphatic imine (C=N–C) groups is 1. The van der Waals surface area contributed by atoms with Crippen LogP contribution in [0.4, 0.5) is 0 Å². The molecule has 0 amide bonds. The molecule has 0 unspecified atom stereocenters. The first kappa shape index (κ1) is 27.5. The lowest BCUT2D eigenvalue weighted by atomic mass is 9.70. The Balaban J connectivity index is 1.05. The van der Waals surface area contributed by atoms with Crippen LogP contribution in [-0.2, 0) is 10.2 Å². The van der Waals surface area contributed by atoms with Crippen LogP contribution in [0.2, 0.25) is 0 Å². The molecule has 4 aliphatic rings. The van der Waals surface area contributed by atoms with Crippen LogP contribution in [0, 0.1) is 18.4 Å². The van der Waals surface area contributed by atoms with E-state index in [1.165, 1.54) is 56.0 Å². The van der Waals surface area contributed by atoms with Crippen LogP contribution in [0.3, 0.4) is 0 Å². The molecule has 3 aliphatic heterocycles. The zero-order chi connectivity index (χ0) is 28.5. The molecule has 2 aromatic carbocycles. The number of likely N-dealkylation sites (tertiary alicyclic amines) is 1. The number of hydrogen-bond acceptors (Lipinski definition) is 5. The predicted octanol–water partition coefficient (Wildman–Crippen LogP) is 6.73. The maximum absolute atomic E-state index is 9.40. The summed E-state index contributed by atoms with van der Waals surface area (Å²) in [4.78, 5) is 14.1. The van der Waals surface area contributed by atoms with Crippen molar-refractivity contribution in [3.05, 3.63) is 66.0 Å². The highest BCUT2D eigenvalue weighted by Crippen LogP contribution is 2.45. The summed E-state index contributed by atoms with van der Waals surface area (Å²) in [5, 5.41) is 9.40. The molecule has 1 saturated carbocycles. The molecule has 3 saturated heterocycles. The Labute approximate surface area is 250 Å². The predicted molar refractivity (Wildman–Crippen MR) is 166 cm³/mol. The number of nitriles is 1. The SMILES string of the molecule is Cc1nc2ccccc2n1[C@H]1C[C@H]2CC[C@@H](C1)N2CCC1(c2ccccc2)CCN(/C(=N/C#N)OC2CCCC2)CC1. The topological polar surface area (TPSA) is 69.7 Å². The molecule has 42 heavy (non-hydrogen) atoms. The largest absolute Gasteiger partial charge is 0.461 e. The number of nitrogens with zero attached hydrogens (tertiary/aromatic N) is 6. The highest BCUT2D eigenvalue weighted by atomic mass is 16.5. The normalized spacial score (nSPS) is 26.5. The van der Waals surface area contributed by atoms with Gasteiger partial charge in [0.2, 0.25) is 6.19 Å². The summed E-state index contributed by atoms with van der Waals surface area (Å²) < 4.78 is 8.81. The molecule has 7 heteroatoms. The summed E-state index contributed by atoms with van der Waals surface area (Å²) in [5.74, 6) is 1.15. The van der Waals surface area contributed by atoms with Gasteiger partial charge in [-0.25, -0.2) is 4.98 Å². The summed E-state index contributed by atoms with van der Waals surface area (Å²) in [6.07, 6.45) is 15.1. The molecule has 0 spiro atoms. The van der Waals surface area contributed by atoms with E-state index in [1.54, 1.807) is 0 Å². The molecule has 1 aliphatic carbocycles. The molecule has 7 nitrogen and oxygen atoms in total. The van der Waals surface area contributed by atoms with Crippen molar-refractivity contribution in [2.75, 3.05) is 19.6 Å². The van der Waals surface area contributed by atoms with Gasteiger partial charge in [-0.3, -0.25) is 4.90 Å². The van der Waals surface area contributed by atoms with Crippen molar-refractivity contribution in [3.63, 3.8) is 0 Å². The third-order valence-corrected chi connectivity index (χ3v) is 10.9. The van der Waals surface area contributed by atoms with Gasteiger partial charge in [-0.2, -0.15) is 5.26 Å². The van der Waals surface area contributed by atoms with Gasteiger partial charge in [0.05, 0.1) is 11.0 Å². The summed E-state index contributed by atoms with van der Waals surface area (Å²) >= 11 is 0. The molecule has 3 aromatic rings. The third kappa shape index (κ3) is 5.19. The maximum Gasteiger partial charge on any atom is 0.303 e. The van der Waals surface area contributed by atoms with Crippen molar-refractivity contribution in [3.8, 4) is 6.19 Å². The summed E-state index contributed by atoms with van der Waals surface area (Å²) in [6.45, 7) is 5.09. The molecule has 0 N–H and O–H groups in total. The van der Waals surface area contributed by atoms with Gasteiger partial charge in [-0.15, -0.1) is 4.99 Å². The van der Waals surface area contributed by atoms with Crippen molar-refractivity contribution in [2.24, 2.45) is 4.99 Å². The Bertz CT molecular complexity index is 1430. The van der Waals surface area contributed by atoms with Crippen LogP contribution in [0.1, 0.15) is 88.1 Å². The first-order valence-electron chi connectivity index (χ1n) is 16.3. The summed E-state index contributed by atoms with van der Waals surface area (Å²) in [6, 6.07) is 22.2. The third-order valence-electron chi connectivity index (χ3n) is 10.9. The second-order valence-corrected chi connectivity index (χ2v) is 13.2. The number of aryl methyl sites for hydroxylation is 1. The van der Waals surface area contributed by atoms with E-state index in [2.05, 4.69) is 80.9 Å². The van der Waals surface area contributed by atoms with Crippen LogP contribution in [0.25, 0.3) is 11.0 Å². The minimum absolute atomic E-state index is 0.135. The van der Waals surface area contributed by atoms with E-state index in [0.29, 0.717) is 24.1 Å². The Morgan fingerprint density at radius 1 is 0.952 bits per heavy atom. The number of aromatic nitrogens is 2. The Kier molecular flexibility index (Phi) is 7.66. The smallest absolute Gasteiger partial charge is 0.303 e.